The predicted molar refractivity (Wildman–Crippen MR) is 260 cm³/mol. The van der Waals surface area contributed by atoms with Gasteiger partial charge >= 0.3 is 5.97 Å². The number of amides is 4. The Morgan fingerprint density at radius 1 is 0.643 bits per heavy atom. The monoisotopic (exact) mass is 942 g/mol. The number of aliphatic hydroxyl groups is 2. The van der Waals surface area contributed by atoms with Gasteiger partial charge in [-0.05, 0) is 71.5 Å². The second-order valence-corrected chi connectivity index (χ2v) is 16.3. The molecule has 4 aromatic carbocycles. The van der Waals surface area contributed by atoms with E-state index in [9.17, 15) is 29.1 Å². The lowest BCUT2D eigenvalue weighted by Gasteiger charge is -2.21. The van der Waals surface area contributed by atoms with Gasteiger partial charge in [-0.15, -0.1) is 0 Å². The third-order valence-electron chi connectivity index (χ3n) is 11.7. The molecule has 0 radical (unpaired) electrons. The summed E-state index contributed by atoms with van der Waals surface area (Å²) in [7, 11) is 1.55. The van der Waals surface area contributed by atoms with Crippen molar-refractivity contribution in [3.63, 3.8) is 0 Å². The number of hydrogen-bond donors (Lipinski definition) is 4. The lowest BCUT2D eigenvalue weighted by atomic mass is 9.95. The Morgan fingerprint density at radius 3 is 1.49 bits per heavy atom. The Bertz CT molecular complexity index is 2950. The summed E-state index contributed by atoms with van der Waals surface area (Å²) in [4.78, 5) is 84.7. The van der Waals surface area contributed by atoms with Gasteiger partial charge < -0.3 is 40.1 Å². The zero-order valence-corrected chi connectivity index (χ0v) is 38.4. The molecular weight excluding hydrogens is 893 g/mol. The molecule has 70 heavy (non-hydrogen) atoms. The Hall–Kier alpha value is -8.25. The summed E-state index contributed by atoms with van der Waals surface area (Å²) >= 11 is 0. The normalized spacial score (nSPS) is 16.1. The van der Waals surface area contributed by atoms with Crippen LogP contribution in [0.4, 0.5) is 11.4 Å². The second-order valence-electron chi connectivity index (χ2n) is 16.3. The third kappa shape index (κ3) is 10.7. The van der Waals surface area contributed by atoms with Gasteiger partial charge in [-0.3, -0.25) is 33.9 Å². The van der Waals surface area contributed by atoms with Crippen LogP contribution in [0.1, 0.15) is 72.1 Å². The molecule has 2 aromatic heterocycles. The number of rotatable bonds is 11. The quantitative estimate of drug-likeness (QED) is 0.134. The highest BCUT2D eigenvalue weighted by atomic mass is 16.5. The fraction of sp³-hybridized carbons (Fsp3) is 0.226. The Morgan fingerprint density at radius 2 is 1.09 bits per heavy atom. The van der Waals surface area contributed by atoms with Gasteiger partial charge in [-0.25, -0.2) is 9.98 Å². The number of aromatic nitrogens is 2. The number of hydrogen-bond acceptors (Lipinski definition) is 13. The number of carbonyl (C=O) groups excluding carboxylic acids is 5. The van der Waals surface area contributed by atoms with E-state index >= 15 is 0 Å². The van der Waals surface area contributed by atoms with Gasteiger partial charge in [0.25, 0.3) is 23.6 Å². The number of nitrogens with one attached hydrogen (secondary N) is 2. The standard InChI is InChI=1S/C26H22N4O4.C24H20N4O3.C3H8O2/c1-16(31)34-15-17-13-20-9-12-30-23(20)21(14-17)22(18-5-3-2-4-6-18)28-24(26(30)33)29-25(32)19-7-10-27-11-8-19;29-14-15-12-18-8-11-28-21(18)19(13-15)20(16-4-2-1-3-5-16)26-22(24(28)31)27-23(30)17-6-9-25-10-7-17;1-5-3-2-4/h2-8,10-11,13-14,24H,9,12,15H2,1H3,(H,29,32);1-7,9-10,12-13,22,29H,8,11,14H2,(H,27,30);4H,2-3H2,1H3. The highest BCUT2D eigenvalue weighted by molar-refractivity contribution is 6.22. The molecule has 0 aliphatic carbocycles. The molecule has 0 saturated heterocycles. The van der Waals surface area contributed by atoms with E-state index in [1.165, 1.54) is 31.7 Å². The average molecular weight is 943 g/mol. The number of benzene rings is 4. The third-order valence-corrected chi connectivity index (χ3v) is 11.7. The number of ether oxygens (including phenoxy) is 2. The maximum atomic E-state index is 13.5. The molecule has 17 nitrogen and oxygen atoms in total. The number of esters is 1. The first kappa shape index (κ1) is 48.2. The highest BCUT2D eigenvalue weighted by Gasteiger charge is 2.39. The number of pyridine rings is 2. The summed E-state index contributed by atoms with van der Waals surface area (Å²) in [6, 6.07) is 33.2. The minimum Gasteiger partial charge on any atom is -0.461 e. The second kappa shape index (κ2) is 22.2. The molecule has 4 N–H and O–H groups in total. The number of methoxy groups -OCH3 is 1. The maximum absolute atomic E-state index is 13.5. The Balaban J connectivity index is 0.000000172. The maximum Gasteiger partial charge on any atom is 0.302 e. The van der Waals surface area contributed by atoms with Gasteiger partial charge in [-0.1, -0.05) is 72.8 Å². The molecule has 10 rings (SSSR count). The van der Waals surface area contributed by atoms with Crippen LogP contribution < -0.4 is 20.4 Å². The zero-order chi connectivity index (χ0) is 49.1. The smallest absolute Gasteiger partial charge is 0.302 e. The largest absolute Gasteiger partial charge is 0.461 e. The first-order chi connectivity index (χ1) is 34.1. The summed E-state index contributed by atoms with van der Waals surface area (Å²) < 4.78 is 9.67. The van der Waals surface area contributed by atoms with Gasteiger partial charge in [0, 0.05) is 85.3 Å². The molecule has 6 aromatic rings. The molecule has 17 heteroatoms. The van der Waals surface area contributed by atoms with Crippen molar-refractivity contribution in [2.45, 2.75) is 45.3 Å². The predicted octanol–water partition coefficient (Wildman–Crippen LogP) is 4.34. The van der Waals surface area contributed by atoms with Crippen LogP contribution in [-0.4, -0.2) is 107 Å². The molecule has 4 aliphatic rings. The molecule has 2 unspecified atom stereocenters. The SMILES string of the molecule is CC(=O)OCc1cc2c3c(c1)C(c1ccccc1)=NC(NC(=O)c1ccncc1)C(=O)N3CC2.COCCO.O=C(NC1N=C(c2ccccc2)c2cc(CO)cc3c2N(CC3)C1=O)c1ccncc1. The lowest BCUT2D eigenvalue weighted by molar-refractivity contribution is -0.142. The summed E-state index contributed by atoms with van der Waals surface area (Å²) in [6.07, 6.45) is 5.30. The molecule has 4 aliphatic heterocycles. The van der Waals surface area contributed by atoms with Gasteiger partial charge in [-0.2, -0.15) is 0 Å². The van der Waals surface area contributed by atoms with Crippen LogP contribution in [0.3, 0.4) is 0 Å². The summed E-state index contributed by atoms with van der Waals surface area (Å²) in [5, 5.41) is 23.3. The van der Waals surface area contributed by atoms with Crippen molar-refractivity contribution in [1.29, 1.82) is 0 Å². The van der Waals surface area contributed by atoms with E-state index in [0.717, 1.165) is 55.9 Å². The summed E-state index contributed by atoms with van der Waals surface area (Å²) in [5.41, 5.74) is 10.4. The minimum atomic E-state index is -1.09. The highest BCUT2D eigenvalue weighted by Crippen LogP contribution is 2.39. The molecule has 4 amide bonds. The fourth-order valence-electron chi connectivity index (χ4n) is 8.55. The number of carbonyl (C=O) groups is 5. The van der Waals surface area contributed by atoms with Crippen LogP contribution in [0.25, 0.3) is 0 Å². The summed E-state index contributed by atoms with van der Waals surface area (Å²) in [6.45, 7) is 2.96. The van der Waals surface area contributed by atoms with Crippen LogP contribution in [0, 0.1) is 0 Å². The van der Waals surface area contributed by atoms with E-state index in [-0.39, 0.29) is 37.6 Å². The number of aliphatic hydroxyl groups excluding tert-OH is 2. The van der Waals surface area contributed by atoms with Crippen molar-refractivity contribution in [3.8, 4) is 0 Å². The number of aliphatic imine (C=N–C) groups is 2. The van der Waals surface area contributed by atoms with Crippen molar-refractivity contribution in [2.75, 3.05) is 43.2 Å². The molecule has 0 bridgehead atoms. The fourth-order valence-corrected chi connectivity index (χ4v) is 8.55. The van der Waals surface area contributed by atoms with Gasteiger partial charge in [0.15, 0.2) is 0 Å². The van der Waals surface area contributed by atoms with Crippen molar-refractivity contribution >= 4 is 52.4 Å². The number of anilines is 2. The molecule has 356 valence electrons. The molecule has 0 fully saturated rings. The Kier molecular flexibility index (Phi) is 15.3. The van der Waals surface area contributed by atoms with Crippen LogP contribution >= 0.6 is 0 Å². The van der Waals surface area contributed by atoms with Crippen molar-refractivity contribution in [2.24, 2.45) is 9.98 Å². The van der Waals surface area contributed by atoms with Gasteiger partial charge in [0.2, 0.25) is 12.3 Å². The van der Waals surface area contributed by atoms with E-state index in [4.69, 9.17) is 19.8 Å². The van der Waals surface area contributed by atoms with E-state index in [2.05, 4.69) is 25.3 Å². The molecule has 0 spiro atoms. The van der Waals surface area contributed by atoms with Crippen LogP contribution in [-0.2, 0) is 49.9 Å². The van der Waals surface area contributed by atoms with Crippen molar-refractivity contribution in [3.05, 3.63) is 190 Å². The topological polar surface area (TPSA) is 225 Å². The molecule has 0 saturated carbocycles. The average Bonchev–Trinajstić information content (AvgIpc) is 3.98. The van der Waals surface area contributed by atoms with Crippen LogP contribution in [0.5, 0.6) is 0 Å². The van der Waals surface area contributed by atoms with Crippen LogP contribution in [0.2, 0.25) is 0 Å². The van der Waals surface area contributed by atoms with E-state index < -0.39 is 24.1 Å². The minimum absolute atomic E-state index is 0.0987. The zero-order valence-electron chi connectivity index (χ0n) is 38.4. The van der Waals surface area contributed by atoms with E-state index in [0.29, 0.717) is 55.1 Å². The summed E-state index contributed by atoms with van der Waals surface area (Å²) in [5.74, 6) is -1.72. The van der Waals surface area contributed by atoms with Crippen molar-refractivity contribution < 1.29 is 43.7 Å². The van der Waals surface area contributed by atoms with Gasteiger partial charge in [0.05, 0.1) is 42.6 Å². The molecule has 6 heterocycles. The lowest BCUT2D eigenvalue weighted by Crippen LogP contribution is -2.46. The molecular formula is C53H50N8O9. The molecule has 2 atom stereocenters. The van der Waals surface area contributed by atoms with E-state index in [1.807, 2.05) is 84.9 Å². The number of nitrogens with zero attached hydrogens (tertiary/aromatic N) is 6. The first-order valence-electron chi connectivity index (χ1n) is 22.6. The first-order valence-corrected chi connectivity index (χ1v) is 22.6. The Labute approximate surface area is 403 Å². The van der Waals surface area contributed by atoms with Crippen LogP contribution in [0.15, 0.2) is 144 Å². The van der Waals surface area contributed by atoms with E-state index in [1.54, 1.807) is 41.2 Å². The van der Waals surface area contributed by atoms with Gasteiger partial charge in [0.1, 0.15) is 6.61 Å². The van der Waals surface area contributed by atoms with Crippen molar-refractivity contribution in [1.82, 2.24) is 20.6 Å².